The van der Waals surface area contributed by atoms with Crippen molar-refractivity contribution in [3.05, 3.63) is 24.3 Å². The smallest absolute Gasteiger partial charge is 0.321 e. The van der Waals surface area contributed by atoms with Gasteiger partial charge >= 0.3 is 6.03 Å². The maximum Gasteiger partial charge on any atom is 0.321 e. The highest BCUT2D eigenvalue weighted by atomic mass is 32.2. The van der Waals surface area contributed by atoms with E-state index in [0.717, 1.165) is 47.7 Å². The second kappa shape index (κ2) is 7.38. The fraction of sp³-hybridized carbons (Fsp3) is 0.619. The van der Waals surface area contributed by atoms with Crippen LogP contribution in [0.25, 0.3) is 0 Å². The molecule has 0 heterocycles. The van der Waals surface area contributed by atoms with Crippen molar-refractivity contribution in [3.8, 4) is 5.75 Å². The summed E-state index contributed by atoms with van der Waals surface area (Å²) in [5.74, 6) is 2.81. The van der Waals surface area contributed by atoms with E-state index < -0.39 is 0 Å². The highest BCUT2D eigenvalue weighted by molar-refractivity contribution is 8.00. The molecule has 6 heteroatoms. The van der Waals surface area contributed by atoms with Gasteiger partial charge in [0.25, 0.3) is 0 Å². The Bertz CT molecular complexity index is 683. The molecule has 0 radical (unpaired) electrons. The number of carbonyl (C=O) groups is 2. The van der Waals surface area contributed by atoms with Gasteiger partial charge in [0.05, 0.1) is 12.4 Å². The normalized spacial score (nSPS) is 32.0. The molecule has 0 saturated heterocycles. The molecule has 0 aromatic heterocycles. The molecule has 1 unspecified atom stereocenters. The Morgan fingerprint density at radius 2 is 1.63 bits per heavy atom. The molecule has 0 aliphatic heterocycles. The van der Waals surface area contributed by atoms with Crippen LogP contribution in [0.2, 0.25) is 0 Å². The van der Waals surface area contributed by atoms with Crippen molar-refractivity contribution in [2.24, 2.45) is 17.8 Å². The average Bonchev–Trinajstić information content (AvgIpc) is 2.60. The number of amides is 3. The topological polar surface area (TPSA) is 67.4 Å². The van der Waals surface area contributed by atoms with E-state index >= 15 is 0 Å². The number of imide groups is 1. The number of urea groups is 1. The number of methoxy groups -OCH3 is 1. The lowest BCUT2D eigenvalue weighted by atomic mass is 9.53. The Hall–Kier alpha value is -1.69. The van der Waals surface area contributed by atoms with E-state index in [9.17, 15) is 9.59 Å². The number of ether oxygens (including phenoxy) is 1. The SMILES string of the molecule is COc1ccc(SC(C)C(=O)NC(=O)NC23CC4CC(CC(C4)C2)C3)cc1. The first-order valence-electron chi connectivity index (χ1n) is 9.88. The summed E-state index contributed by atoms with van der Waals surface area (Å²) in [6.07, 6.45) is 7.23. The van der Waals surface area contributed by atoms with E-state index in [-0.39, 0.29) is 22.7 Å². The molecular formula is C21H28N2O3S. The zero-order valence-electron chi connectivity index (χ0n) is 16.0. The second-order valence-electron chi connectivity index (χ2n) is 8.58. The Morgan fingerprint density at radius 3 is 2.15 bits per heavy atom. The maximum atomic E-state index is 12.5. The summed E-state index contributed by atoms with van der Waals surface area (Å²) >= 11 is 1.44. The molecule has 4 saturated carbocycles. The number of hydrogen-bond donors (Lipinski definition) is 2. The zero-order chi connectivity index (χ0) is 19.0. The Morgan fingerprint density at radius 1 is 1.07 bits per heavy atom. The number of hydrogen-bond acceptors (Lipinski definition) is 4. The molecule has 2 N–H and O–H groups in total. The zero-order valence-corrected chi connectivity index (χ0v) is 16.8. The van der Waals surface area contributed by atoms with Gasteiger partial charge < -0.3 is 10.1 Å². The number of thioether (sulfide) groups is 1. The summed E-state index contributed by atoms with van der Waals surface area (Å²) < 4.78 is 5.15. The van der Waals surface area contributed by atoms with Gasteiger partial charge in [-0.1, -0.05) is 0 Å². The predicted molar refractivity (Wildman–Crippen MR) is 106 cm³/mol. The Balaban J connectivity index is 1.30. The van der Waals surface area contributed by atoms with Crippen LogP contribution in [0.3, 0.4) is 0 Å². The van der Waals surface area contributed by atoms with Crippen molar-refractivity contribution >= 4 is 23.7 Å². The number of benzene rings is 1. The summed E-state index contributed by atoms with van der Waals surface area (Å²) in [5, 5.41) is 5.41. The lowest BCUT2D eigenvalue weighted by Crippen LogP contribution is -2.62. The standard InChI is InChI=1S/C21H28N2O3S/c1-13(27-18-5-3-17(26-2)4-6-18)19(24)22-20(25)23-21-10-14-7-15(11-21)9-16(8-14)12-21/h3-6,13-16H,7-12H2,1-2H3,(H2,22,23,24,25). The minimum Gasteiger partial charge on any atom is -0.497 e. The van der Waals surface area contributed by atoms with Gasteiger partial charge in [0.15, 0.2) is 0 Å². The maximum absolute atomic E-state index is 12.5. The Labute approximate surface area is 165 Å². The van der Waals surface area contributed by atoms with Crippen LogP contribution in [-0.4, -0.2) is 29.8 Å². The third kappa shape index (κ3) is 4.10. The first kappa shape index (κ1) is 18.7. The number of nitrogens with one attached hydrogen (secondary N) is 2. The largest absolute Gasteiger partial charge is 0.497 e. The van der Waals surface area contributed by atoms with Crippen LogP contribution in [-0.2, 0) is 4.79 Å². The molecule has 4 bridgehead atoms. The van der Waals surface area contributed by atoms with Crippen LogP contribution >= 0.6 is 11.8 Å². The first-order valence-corrected chi connectivity index (χ1v) is 10.8. The molecule has 1 atom stereocenters. The van der Waals surface area contributed by atoms with Gasteiger partial charge in [-0.3, -0.25) is 10.1 Å². The molecule has 4 aliphatic carbocycles. The predicted octanol–water partition coefficient (Wildman–Crippen LogP) is 3.97. The van der Waals surface area contributed by atoms with Crippen molar-refractivity contribution in [2.75, 3.05) is 7.11 Å². The van der Waals surface area contributed by atoms with Gasteiger partial charge in [-0.15, -0.1) is 11.8 Å². The van der Waals surface area contributed by atoms with E-state index in [1.54, 1.807) is 7.11 Å². The third-order valence-electron chi connectivity index (χ3n) is 6.40. The van der Waals surface area contributed by atoms with E-state index in [0.29, 0.717) is 0 Å². The summed E-state index contributed by atoms with van der Waals surface area (Å²) in [6.45, 7) is 1.82. The van der Waals surface area contributed by atoms with Crippen LogP contribution in [0.4, 0.5) is 4.79 Å². The van der Waals surface area contributed by atoms with Gasteiger partial charge in [0.2, 0.25) is 5.91 Å². The van der Waals surface area contributed by atoms with E-state index in [2.05, 4.69) is 10.6 Å². The first-order chi connectivity index (χ1) is 12.9. The summed E-state index contributed by atoms with van der Waals surface area (Å²) in [4.78, 5) is 25.9. The molecule has 27 heavy (non-hydrogen) atoms. The summed E-state index contributed by atoms with van der Waals surface area (Å²) in [6, 6.07) is 7.24. The van der Waals surface area contributed by atoms with Gasteiger partial charge in [-0.25, -0.2) is 4.79 Å². The summed E-state index contributed by atoms with van der Waals surface area (Å²) in [5.41, 5.74) is -0.0779. The van der Waals surface area contributed by atoms with Gasteiger partial charge in [-0.05, 0) is 87.5 Å². The minimum absolute atomic E-state index is 0.0779. The third-order valence-corrected chi connectivity index (χ3v) is 7.51. The van der Waals surface area contributed by atoms with Crippen molar-refractivity contribution in [2.45, 2.75) is 61.1 Å². The van der Waals surface area contributed by atoms with Crippen LogP contribution in [0.5, 0.6) is 5.75 Å². The monoisotopic (exact) mass is 388 g/mol. The second-order valence-corrected chi connectivity index (χ2v) is 9.99. The summed E-state index contributed by atoms with van der Waals surface area (Å²) in [7, 11) is 1.63. The van der Waals surface area contributed by atoms with Crippen LogP contribution in [0.15, 0.2) is 29.2 Å². The number of rotatable bonds is 5. The number of carbonyl (C=O) groups excluding carboxylic acids is 2. The molecule has 1 aromatic rings. The molecule has 5 rings (SSSR count). The van der Waals surface area contributed by atoms with Crippen LogP contribution in [0.1, 0.15) is 45.4 Å². The van der Waals surface area contributed by atoms with Gasteiger partial charge in [0, 0.05) is 10.4 Å². The fourth-order valence-corrected chi connectivity index (χ4v) is 6.53. The average molecular weight is 389 g/mol. The Kier molecular flexibility index (Phi) is 5.10. The molecule has 3 amide bonds. The highest BCUT2D eigenvalue weighted by Crippen LogP contribution is 2.55. The van der Waals surface area contributed by atoms with E-state index in [1.165, 1.54) is 31.0 Å². The molecular weight excluding hydrogens is 360 g/mol. The molecule has 0 spiro atoms. The quantitative estimate of drug-likeness (QED) is 0.749. The molecule has 146 valence electrons. The van der Waals surface area contributed by atoms with Crippen LogP contribution < -0.4 is 15.4 Å². The lowest BCUT2D eigenvalue weighted by molar-refractivity contribution is -0.119. The van der Waals surface area contributed by atoms with Crippen molar-refractivity contribution < 1.29 is 14.3 Å². The van der Waals surface area contributed by atoms with Crippen LogP contribution in [0, 0.1) is 17.8 Å². The molecule has 4 aliphatic rings. The van der Waals surface area contributed by atoms with Crippen molar-refractivity contribution in [1.29, 1.82) is 0 Å². The van der Waals surface area contributed by atoms with Crippen molar-refractivity contribution in [3.63, 3.8) is 0 Å². The van der Waals surface area contributed by atoms with Gasteiger partial charge in [0.1, 0.15) is 5.75 Å². The molecule has 4 fully saturated rings. The molecule has 1 aromatic carbocycles. The van der Waals surface area contributed by atoms with Crippen molar-refractivity contribution in [1.82, 2.24) is 10.6 Å². The highest BCUT2D eigenvalue weighted by Gasteiger charge is 2.51. The van der Waals surface area contributed by atoms with Gasteiger partial charge in [-0.2, -0.15) is 0 Å². The van der Waals surface area contributed by atoms with E-state index in [4.69, 9.17) is 4.74 Å². The molecule has 5 nitrogen and oxygen atoms in total. The fourth-order valence-electron chi connectivity index (χ4n) is 5.66. The van der Waals surface area contributed by atoms with E-state index in [1.807, 2.05) is 31.2 Å². The lowest BCUT2D eigenvalue weighted by Gasteiger charge is -2.56. The minimum atomic E-state index is -0.347.